The Morgan fingerprint density at radius 2 is 2.04 bits per heavy atom. The molecule has 0 radical (unpaired) electrons. The van der Waals surface area contributed by atoms with E-state index < -0.39 is 6.10 Å². The van der Waals surface area contributed by atoms with Gasteiger partial charge < -0.3 is 14.6 Å². The number of fused-ring (bicyclic) bond motifs is 5. The Hall–Kier alpha value is -1.13. The predicted octanol–water partition coefficient (Wildman–Crippen LogP) is 3.66. The molecule has 1 heterocycles. The number of furan rings is 1. The van der Waals surface area contributed by atoms with E-state index in [1.165, 1.54) is 12.8 Å². The van der Waals surface area contributed by atoms with Crippen LogP contribution in [0.2, 0.25) is 0 Å². The molecule has 3 aliphatic rings. The van der Waals surface area contributed by atoms with Crippen molar-refractivity contribution in [3.05, 3.63) is 23.2 Å². The summed E-state index contributed by atoms with van der Waals surface area (Å²) in [5, 5.41) is 20.4. The van der Waals surface area contributed by atoms with Gasteiger partial charge in [0, 0.05) is 17.9 Å². The molecule has 0 amide bonds. The van der Waals surface area contributed by atoms with Crippen LogP contribution in [0.1, 0.15) is 80.5 Å². The van der Waals surface area contributed by atoms with Crippen molar-refractivity contribution in [1.29, 1.82) is 0 Å². The largest absolute Gasteiger partial charge is 0.466 e. The van der Waals surface area contributed by atoms with Gasteiger partial charge in [0.1, 0.15) is 12.4 Å². The van der Waals surface area contributed by atoms with Gasteiger partial charge in [0.2, 0.25) is 0 Å². The first-order valence-electron chi connectivity index (χ1n) is 9.22. The molecule has 0 unspecified atom stereocenters. The highest BCUT2D eigenvalue weighted by Crippen LogP contribution is 2.65. The Morgan fingerprint density at radius 1 is 1.29 bits per heavy atom. The van der Waals surface area contributed by atoms with Crippen LogP contribution in [0.3, 0.4) is 0 Å². The minimum Gasteiger partial charge on any atom is -0.466 e. The molecule has 1 aromatic heterocycles. The molecule has 4 rings (SSSR count). The van der Waals surface area contributed by atoms with Crippen LogP contribution in [0.4, 0.5) is 0 Å². The second-order valence-corrected chi connectivity index (χ2v) is 9.11. The number of aliphatic hydroxyl groups is 2. The lowest BCUT2D eigenvalue weighted by Gasteiger charge is -2.61. The first kappa shape index (κ1) is 16.3. The van der Waals surface area contributed by atoms with E-state index in [1.807, 2.05) is 0 Å². The van der Waals surface area contributed by atoms with Gasteiger partial charge in [-0.3, -0.25) is 4.79 Å². The maximum atomic E-state index is 12.8. The number of hydrogen-bond donors (Lipinski definition) is 2. The van der Waals surface area contributed by atoms with Crippen LogP contribution in [0, 0.1) is 22.7 Å². The fourth-order valence-corrected chi connectivity index (χ4v) is 6.44. The van der Waals surface area contributed by atoms with Crippen LogP contribution in [0.5, 0.6) is 0 Å². The van der Waals surface area contributed by atoms with E-state index in [0.717, 1.165) is 18.4 Å². The van der Waals surface area contributed by atoms with Crippen LogP contribution in [0.25, 0.3) is 0 Å². The van der Waals surface area contributed by atoms with E-state index >= 15 is 0 Å². The first-order valence-corrected chi connectivity index (χ1v) is 9.22. The van der Waals surface area contributed by atoms with Crippen LogP contribution in [-0.4, -0.2) is 22.1 Å². The highest BCUT2D eigenvalue weighted by Gasteiger charge is 2.59. The zero-order valence-electron chi connectivity index (χ0n) is 14.8. The van der Waals surface area contributed by atoms with Crippen LogP contribution < -0.4 is 0 Å². The molecule has 2 N–H and O–H groups in total. The average Bonchev–Trinajstić information content (AvgIpc) is 2.94. The van der Waals surface area contributed by atoms with E-state index in [0.29, 0.717) is 23.7 Å². The highest BCUT2D eigenvalue weighted by atomic mass is 16.4. The van der Waals surface area contributed by atoms with E-state index in [1.54, 1.807) is 6.26 Å². The van der Waals surface area contributed by atoms with E-state index in [-0.39, 0.29) is 35.1 Å². The second-order valence-electron chi connectivity index (χ2n) is 9.11. The monoisotopic (exact) mass is 332 g/mol. The molecule has 0 spiro atoms. The number of rotatable bonds is 1. The van der Waals surface area contributed by atoms with Gasteiger partial charge in [-0.15, -0.1) is 0 Å². The molecule has 5 atom stereocenters. The summed E-state index contributed by atoms with van der Waals surface area (Å²) < 4.78 is 5.46. The molecule has 2 saturated carbocycles. The van der Waals surface area contributed by atoms with Crippen molar-refractivity contribution in [2.75, 3.05) is 0 Å². The Bertz CT molecular complexity index is 673. The summed E-state index contributed by atoms with van der Waals surface area (Å²) in [4.78, 5) is 12.8. The van der Waals surface area contributed by atoms with Gasteiger partial charge in [0.15, 0.2) is 5.78 Å². The van der Waals surface area contributed by atoms with Gasteiger partial charge in [0.05, 0.1) is 17.9 Å². The molecule has 132 valence electrons. The van der Waals surface area contributed by atoms with Crippen molar-refractivity contribution in [3.63, 3.8) is 0 Å². The number of carbonyl (C=O) groups excluding carboxylic acids is 1. The molecule has 0 bridgehead atoms. The summed E-state index contributed by atoms with van der Waals surface area (Å²) in [6, 6.07) is 0. The predicted molar refractivity (Wildman–Crippen MR) is 89.7 cm³/mol. The smallest absolute Gasteiger partial charge is 0.167 e. The van der Waals surface area contributed by atoms with Crippen molar-refractivity contribution >= 4 is 5.78 Å². The summed E-state index contributed by atoms with van der Waals surface area (Å²) in [6.45, 7) is 6.72. The molecule has 1 aromatic rings. The molecular weight excluding hydrogens is 304 g/mol. The lowest BCUT2D eigenvalue weighted by Crippen LogP contribution is -2.56. The van der Waals surface area contributed by atoms with Crippen molar-refractivity contribution in [1.82, 2.24) is 0 Å². The minimum absolute atomic E-state index is 0.0445. The third-order valence-corrected chi connectivity index (χ3v) is 7.53. The number of ketones is 1. The van der Waals surface area contributed by atoms with Crippen molar-refractivity contribution in [3.8, 4) is 0 Å². The number of hydrogen-bond acceptors (Lipinski definition) is 4. The Balaban J connectivity index is 1.82. The third kappa shape index (κ3) is 2.02. The average molecular weight is 332 g/mol. The normalized spacial score (nSPS) is 40.6. The Kier molecular flexibility index (Phi) is 3.53. The maximum Gasteiger partial charge on any atom is 0.167 e. The Labute approximate surface area is 143 Å². The number of aliphatic hydroxyl groups excluding tert-OH is 2. The number of carbonyl (C=O) groups is 1. The molecular formula is C20H28O4. The lowest BCUT2D eigenvalue weighted by molar-refractivity contribution is -0.124. The zero-order chi connectivity index (χ0) is 17.3. The third-order valence-electron chi connectivity index (χ3n) is 7.53. The molecule has 24 heavy (non-hydrogen) atoms. The van der Waals surface area contributed by atoms with Crippen LogP contribution >= 0.6 is 0 Å². The van der Waals surface area contributed by atoms with Crippen LogP contribution in [0.15, 0.2) is 10.7 Å². The maximum absolute atomic E-state index is 12.8. The first-order chi connectivity index (χ1) is 11.3. The van der Waals surface area contributed by atoms with Crippen molar-refractivity contribution < 1.29 is 19.4 Å². The van der Waals surface area contributed by atoms with Gasteiger partial charge in [-0.1, -0.05) is 27.2 Å². The molecule has 3 aliphatic carbocycles. The SMILES string of the molecule is CC1(C)CCC[C@]2(C)[C@H]3CC(=O)c4c(coc4CO)[C@@H]3[C@@H](O)C[C@@H]12. The summed E-state index contributed by atoms with van der Waals surface area (Å²) in [5.74, 6) is 0.985. The number of Topliss-reactive ketones (excluding diaryl/α,β-unsaturated/α-hetero) is 1. The lowest BCUT2D eigenvalue weighted by atomic mass is 9.44. The molecule has 2 fully saturated rings. The van der Waals surface area contributed by atoms with Gasteiger partial charge in [0.25, 0.3) is 0 Å². The highest BCUT2D eigenvalue weighted by molar-refractivity contribution is 6.00. The second kappa shape index (κ2) is 5.18. The van der Waals surface area contributed by atoms with Gasteiger partial charge in [-0.2, -0.15) is 0 Å². The molecule has 0 aromatic carbocycles. The standard InChI is InChI=1S/C20H28O4/c1-19(2)5-4-6-20(3)12-7-13(22)18-11(10-24-15(18)9-21)17(12)14(23)8-16(19)20/h10,12,14,16-17,21,23H,4-9H2,1-3H3/t12-,14-,16-,17-,20+/m0/s1. The van der Waals surface area contributed by atoms with Crippen molar-refractivity contribution in [2.45, 2.75) is 71.5 Å². The topological polar surface area (TPSA) is 70.7 Å². The fraction of sp³-hybridized carbons (Fsp3) is 0.750. The van der Waals surface area contributed by atoms with Crippen LogP contribution in [-0.2, 0) is 6.61 Å². The summed E-state index contributed by atoms with van der Waals surface area (Å²) in [6.07, 6.45) is 5.92. The summed E-state index contributed by atoms with van der Waals surface area (Å²) in [7, 11) is 0. The molecule has 4 heteroatoms. The zero-order valence-corrected chi connectivity index (χ0v) is 14.8. The summed E-state index contributed by atoms with van der Waals surface area (Å²) in [5.41, 5.74) is 1.65. The van der Waals surface area contributed by atoms with Gasteiger partial charge >= 0.3 is 0 Å². The quantitative estimate of drug-likeness (QED) is 0.823. The minimum atomic E-state index is -0.443. The Morgan fingerprint density at radius 3 is 2.75 bits per heavy atom. The van der Waals surface area contributed by atoms with Crippen molar-refractivity contribution in [2.24, 2.45) is 22.7 Å². The fourth-order valence-electron chi connectivity index (χ4n) is 6.44. The molecule has 4 nitrogen and oxygen atoms in total. The summed E-state index contributed by atoms with van der Waals surface area (Å²) >= 11 is 0. The van der Waals surface area contributed by atoms with E-state index in [4.69, 9.17) is 4.42 Å². The molecule has 0 saturated heterocycles. The molecule has 0 aliphatic heterocycles. The van der Waals surface area contributed by atoms with E-state index in [2.05, 4.69) is 20.8 Å². The van der Waals surface area contributed by atoms with Gasteiger partial charge in [-0.05, 0) is 41.9 Å². The van der Waals surface area contributed by atoms with Gasteiger partial charge in [-0.25, -0.2) is 0 Å². The van der Waals surface area contributed by atoms with E-state index in [9.17, 15) is 15.0 Å².